The van der Waals surface area contributed by atoms with Crippen molar-refractivity contribution in [2.45, 2.75) is 96.8 Å². The van der Waals surface area contributed by atoms with Gasteiger partial charge in [0.2, 0.25) is 0 Å². The predicted molar refractivity (Wildman–Crippen MR) is 96.2 cm³/mol. The quantitative estimate of drug-likeness (QED) is 0.255. The van der Waals surface area contributed by atoms with Crippen LogP contribution in [0.25, 0.3) is 0 Å². The third kappa shape index (κ3) is 18.9. The highest BCUT2D eigenvalue weighted by atomic mass is 16.4. The summed E-state index contributed by atoms with van der Waals surface area (Å²) in [5, 5.41) is 8.51. The Kier molecular flexibility index (Phi) is 17.1. The maximum Gasteiger partial charge on any atom is 0.303 e. The lowest BCUT2D eigenvalue weighted by Crippen LogP contribution is -1.92. The standard InChI is InChI=1S/C20H36O2/c1-2-3-4-5-6-7-8-9-10-11-12-13-14-15-16-17-18-19-20(21)22/h11-12,14-15H,2-10,13,16-19H2,1H3,(H,21,22). The molecular weight excluding hydrogens is 272 g/mol. The SMILES string of the molecule is CCCCCCCCCCC=CCC=CCCCCC(=O)O. The molecule has 2 heteroatoms. The van der Waals surface area contributed by atoms with Gasteiger partial charge in [-0.2, -0.15) is 0 Å². The molecule has 0 spiro atoms. The molecule has 0 amide bonds. The van der Waals surface area contributed by atoms with Crippen LogP contribution in [0.15, 0.2) is 24.3 Å². The normalized spacial score (nSPS) is 11.7. The molecule has 0 unspecified atom stereocenters. The lowest BCUT2D eigenvalue weighted by atomic mass is 10.1. The van der Waals surface area contributed by atoms with Crippen molar-refractivity contribution in [1.29, 1.82) is 0 Å². The third-order valence-corrected chi connectivity index (χ3v) is 3.84. The first-order valence-corrected chi connectivity index (χ1v) is 9.29. The molecule has 0 aliphatic rings. The number of allylic oxidation sites excluding steroid dienone is 4. The fraction of sp³-hybridized carbons (Fsp3) is 0.750. The van der Waals surface area contributed by atoms with E-state index in [0.29, 0.717) is 6.42 Å². The molecule has 0 heterocycles. The fourth-order valence-electron chi connectivity index (χ4n) is 2.44. The van der Waals surface area contributed by atoms with Gasteiger partial charge < -0.3 is 5.11 Å². The van der Waals surface area contributed by atoms with E-state index in [2.05, 4.69) is 31.2 Å². The maximum absolute atomic E-state index is 10.3. The Morgan fingerprint density at radius 2 is 1.23 bits per heavy atom. The Balaban J connectivity index is 3.18. The molecule has 22 heavy (non-hydrogen) atoms. The summed E-state index contributed by atoms with van der Waals surface area (Å²) in [6, 6.07) is 0. The topological polar surface area (TPSA) is 37.3 Å². The number of aliphatic carboxylic acids is 1. The monoisotopic (exact) mass is 308 g/mol. The Morgan fingerprint density at radius 3 is 1.77 bits per heavy atom. The average Bonchev–Trinajstić information content (AvgIpc) is 2.50. The van der Waals surface area contributed by atoms with Crippen molar-refractivity contribution in [3.05, 3.63) is 24.3 Å². The minimum atomic E-state index is -0.687. The van der Waals surface area contributed by atoms with E-state index >= 15 is 0 Å². The van der Waals surface area contributed by atoms with E-state index in [1.165, 1.54) is 57.8 Å². The van der Waals surface area contributed by atoms with Gasteiger partial charge in [-0.1, -0.05) is 76.2 Å². The number of carboxylic acids is 1. The zero-order chi connectivity index (χ0) is 16.3. The summed E-state index contributed by atoms with van der Waals surface area (Å²) in [7, 11) is 0. The van der Waals surface area contributed by atoms with Crippen molar-refractivity contribution < 1.29 is 9.90 Å². The van der Waals surface area contributed by atoms with Crippen molar-refractivity contribution >= 4 is 5.97 Å². The van der Waals surface area contributed by atoms with Gasteiger partial charge >= 0.3 is 5.97 Å². The number of unbranched alkanes of at least 4 members (excludes halogenated alkanes) is 10. The van der Waals surface area contributed by atoms with Gasteiger partial charge in [0, 0.05) is 6.42 Å². The summed E-state index contributed by atoms with van der Waals surface area (Å²) in [4.78, 5) is 10.3. The highest BCUT2D eigenvalue weighted by Crippen LogP contribution is 2.09. The van der Waals surface area contributed by atoms with Crippen molar-refractivity contribution in [3.63, 3.8) is 0 Å². The molecular formula is C20H36O2. The van der Waals surface area contributed by atoms with Gasteiger partial charge in [0.15, 0.2) is 0 Å². The number of hydrogen-bond donors (Lipinski definition) is 1. The molecule has 0 aliphatic carbocycles. The first-order chi connectivity index (χ1) is 10.8. The van der Waals surface area contributed by atoms with Gasteiger partial charge in [-0.25, -0.2) is 0 Å². The number of carbonyl (C=O) groups is 1. The molecule has 128 valence electrons. The molecule has 2 nitrogen and oxygen atoms in total. The second-order valence-corrected chi connectivity index (χ2v) is 6.08. The van der Waals surface area contributed by atoms with Crippen LogP contribution in [0.3, 0.4) is 0 Å². The van der Waals surface area contributed by atoms with Crippen LogP contribution in [-0.4, -0.2) is 11.1 Å². The van der Waals surface area contributed by atoms with Gasteiger partial charge in [-0.05, 0) is 38.5 Å². The van der Waals surface area contributed by atoms with Gasteiger partial charge in [0.25, 0.3) is 0 Å². The van der Waals surface area contributed by atoms with E-state index in [4.69, 9.17) is 5.11 Å². The van der Waals surface area contributed by atoms with Crippen molar-refractivity contribution in [1.82, 2.24) is 0 Å². The summed E-state index contributed by atoms with van der Waals surface area (Å²) in [5.74, 6) is -0.687. The summed E-state index contributed by atoms with van der Waals surface area (Å²) in [5.41, 5.74) is 0. The maximum atomic E-state index is 10.3. The third-order valence-electron chi connectivity index (χ3n) is 3.84. The minimum absolute atomic E-state index is 0.298. The molecule has 0 atom stereocenters. The molecule has 0 aromatic carbocycles. The molecule has 0 rings (SSSR count). The number of hydrogen-bond acceptors (Lipinski definition) is 1. The van der Waals surface area contributed by atoms with Crippen LogP contribution in [0.4, 0.5) is 0 Å². The first-order valence-electron chi connectivity index (χ1n) is 9.29. The molecule has 0 fully saturated rings. The highest BCUT2D eigenvalue weighted by Gasteiger charge is 1.94. The van der Waals surface area contributed by atoms with Gasteiger partial charge in [-0.15, -0.1) is 0 Å². The second-order valence-electron chi connectivity index (χ2n) is 6.08. The lowest BCUT2D eigenvalue weighted by molar-refractivity contribution is -0.137. The molecule has 1 N–H and O–H groups in total. The first kappa shape index (κ1) is 20.9. The molecule has 0 aromatic rings. The Morgan fingerprint density at radius 1 is 0.727 bits per heavy atom. The van der Waals surface area contributed by atoms with Gasteiger partial charge in [-0.3, -0.25) is 4.79 Å². The van der Waals surface area contributed by atoms with Crippen LogP contribution < -0.4 is 0 Å². The van der Waals surface area contributed by atoms with Gasteiger partial charge in [0.1, 0.15) is 0 Å². The van der Waals surface area contributed by atoms with Crippen LogP contribution in [-0.2, 0) is 4.79 Å². The van der Waals surface area contributed by atoms with E-state index in [-0.39, 0.29) is 0 Å². The zero-order valence-corrected chi connectivity index (χ0v) is 14.6. The van der Waals surface area contributed by atoms with Crippen LogP contribution >= 0.6 is 0 Å². The highest BCUT2D eigenvalue weighted by molar-refractivity contribution is 5.66. The Hall–Kier alpha value is -1.05. The molecule has 0 radical (unpaired) electrons. The summed E-state index contributed by atoms with van der Waals surface area (Å²) < 4.78 is 0. The van der Waals surface area contributed by atoms with Crippen LogP contribution in [0.5, 0.6) is 0 Å². The Bertz CT molecular complexity index is 292. The van der Waals surface area contributed by atoms with E-state index in [1.807, 2.05) is 0 Å². The molecule has 0 saturated carbocycles. The molecule has 0 bridgehead atoms. The lowest BCUT2D eigenvalue weighted by Gasteiger charge is -1.99. The smallest absolute Gasteiger partial charge is 0.303 e. The Labute approximate surface area is 137 Å². The van der Waals surface area contributed by atoms with Crippen molar-refractivity contribution in [3.8, 4) is 0 Å². The zero-order valence-electron chi connectivity index (χ0n) is 14.6. The minimum Gasteiger partial charge on any atom is -0.481 e. The summed E-state index contributed by atoms with van der Waals surface area (Å²) in [6.07, 6.45) is 25.2. The second kappa shape index (κ2) is 18.0. The van der Waals surface area contributed by atoms with Crippen LogP contribution in [0.1, 0.15) is 96.8 Å². The van der Waals surface area contributed by atoms with Crippen molar-refractivity contribution in [2.24, 2.45) is 0 Å². The van der Waals surface area contributed by atoms with E-state index in [0.717, 1.165) is 25.7 Å². The number of carboxylic acid groups (broad SMARTS) is 1. The summed E-state index contributed by atoms with van der Waals surface area (Å²) >= 11 is 0. The van der Waals surface area contributed by atoms with Gasteiger partial charge in [0.05, 0.1) is 0 Å². The molecule has 0 aliphatic heterocycles. The summed E-state index contributed by atoms with van der Waals surface area (Å²) in [6.45, 7) is 2.26. The fourth-order valence-corrected chi connectivity index (χ4v) is 2.44. The van der Waals surface area contributed by atoms with E-state index < -0.39 is 5.97 Å². The number of rotatable bonds is 16. The predicted octanol–water partition coefficient (Wildman–Crippen LogP) is 6.66. The average molecular weight is 309 g/mol. The molecule has 0 saturated heterocycles. The molecule has 0 aromatic heterocycles. The largest absolute Gasteiger partial charge is 0.481 e. The van der Waals surface area contributed by atoms with Crippen LogP contribution in [0, 0.1) is 0 Å². The van der Waals surface area contributed by atoms with E-state index in [9.17, 15) is 4.79 Å². The van der Waals surface area contributed by atoms with E-state index in [1.54, 1.807) is 0 Å². The van der Waals surface area contributed by atoms with Crippen molar-refractivity contribution in [2.75, 3.05) is 0 Å². The van der Waals surface area contributed by atoms with Crippen LogP contribution in [0.2, 0.25) is 0 Å².